The molecule has 1 aliphatic rings. The molecule has 0 bridgehead atoms. The number of aromatic nitrogens is 4. The van der Waals surface area contributed by atoms with Gasteiger partial charge in [-0.3, -0.25) is 10.1 Å². The van der Waals surface area contributed by atoms with Crippen LogP contribution < -0.4 is 4.90 Å². The minimum atomic E-state index is 0.303. The molecule has 4 rings (SSSR count). The van der Waals surface area contributed by atoms with Crippen LogP contribution in [0.25, 0.3) is 22.2 Å². The van der Waals surface area contributed by atoms with Gasteiger partial charge in [-0.1, -0.05) is 6.07 Å². The Kier molecular flexibility index (Phi) is 4.13. The molecule has 0 aliphatic carbocycles. The van der Waals surface area contributed by atoms with Crippen molar-refractivity contribution >= 4 is 39.4 Å². The molecule has 1 N–H and O–H groups in total. The molecule has 3 aromatic rings. The molecule has 1 saturated heterocycles. The van der Waals surface area contributed by atoms with E-state index in [1.807, 2.05) is 19.2 Å². The zero-order chi connectivity index (χ0) is 16.7. The minimum absolute atomic E-state index is 0.303. The molecule has 24 heavy (non-hydrogen) atoms. The second-order valence-electron chi connectivity index (χ2n) is 6.07. The monoisotopic (exact) mass is 435 g/mol. The summed E-state index contributed by atoms with van der Waals surface area (Å²) in [6.45, 7) is 6.46. The lowest BCUT2D eigenvalue weighted by Crippen LogP contribution is -2.44. The van der Waals surface area contributed by atoms with Gasteiger partial charge in [-0.05, 0) is 48.6 Å². The van der Waals surface area contributed by atoms with E-state index in [1.54, 1.807) is 0 Å². The van der Waals surface area contributed by atoms with Crippen molar-refractivity contribution in [1.29, 1.82) is 0 Å². The van der Waals surface area contributed by atoms with Crippen LogP contribution in [0.2, 0.25) is 0 Å². The zero-order valence-electron chi connectivity index (χ0n) is 13.6. The van der Waals surface area contributed by atoms with Gasteiger partial charge < -0.3 is 9.64 Å². The average Bonchev–Trinajstić information content (AvgIpc) is 2.97. The van der Waals surface area contributed by atoms with Crippen LogP contribution in [0.4, 0.5) is 5.82 Å². The van der Waals surface area contributed by atoms with Crippen LogP contribution in [0, 0.1) is 10.6 Å². The SMILES string of the molecule is Cc1ccc(-c2cc(N3CCOC[C@H]3C)nc3c(I)n[nH]c23)cn1. The maximum atomic E-state index is 5.56. The van der Waals surface area contributed by atoms with Gasteiger partial charge in [0.25, 0.3) is 0 Å². The number of nitrogens with one attached hydrogen (secondary N) is 1. The van der Waals surface area contributed by atoms with Crippen molar-refractivity contribution in [1.82, 2.24) is 20.2 Å². The fraction of sp³-hybridized carbons (Fsp3) is 0.353. The van der Waals surface area contributed by atoms with Crippen molar-refractivity contribution in [2.45, 2.75) is 19.9 Å². The van der Waals surface area contributed by atoms with Crippen LogP contribution in [-0.2, 0) is 4.74 Å². The summed E-state index contributed by atoms with van der Waals surface area (Å²) < 4.78 is 6.44. The molecule has 0 unspecified atom stereocenters. The molecule has 4 heterocycles. The number of hydrogen-bond acceptors (Lipinski definition) is 5. The molecule has 1 fully saturated rings. The van der Waals surface area contributed by atoms with E-state index in [-0.39, 0.29) is 0 Å². The predicted octanol–water partition coefficient (Wildman–Crippen LogP) is 3.16. The number of aromatic amines is 1. The van der Waals surface area contributed by atoms with E-state index in [0.29, 0.717) is 6.04 Å². The number of H-pyrrole nitrogens is 1. The third kappa shape index (κ3) is 2.75. The van der Waals surface area contributed by atoms with E-state index in [1.165, 1.54) is 0 Å². The smallest absolute Gasteiger partial charge is 0.149 e. The van der Waals surface area contributed by atoms with Crippen molar-refractivity contribution in [3.63, 3.8) is 0 Å². The summed E-state index contributed by atoms with van der Waals surface area (Å²) >= 11 is 2.22. The number of morpholine rings is 1. The Labute approximate surface area is 153 Å². The normalized spacial score (nSPS) is 18.3. The summed E-state index contributed by atoms with van der Waals surface area (Å²) in [5.41, 5.74) is 5.01. The predicted molar refractivity (Wildman–Crippen MR) is 102 cm³/mol. The lowest BCUT2D eigenvalue weighted by Gasteiger charge is -2.34. The molecule has 6 nitrogen and oxygen atoms in total. The minimum Gasteiger partial charge on any atom is -0.377 e. The van der Waals surface area contributed by atoms with E-state index >= 15 is 0 Å². The number of halogens is 1. The lowest BCUT2D eigenvalue weighted by molar-refractivity contribution is 0.0986. The van der Waals surface area contributed by atoms with Crippen LogP contribution in [-0.4, -0.2) is 46.0 Å². The Hall–Kier alpha value is -1.74. The summed E-state index contributed by atoms with van der Waals surface area (Å²) in [6.07, 6.45) is 1.91. The van der Waals surface area contributed by atoms with E-state index < -0.39 is 0 Å². The Morgan fingerprint density at radius 1 is 1.38 bits per heavy atom. The number of fused-ring (bicyclic) bond motifs is 1. The number of nitrogens with zero attached hydrogens (tertiary/aromatic N) is 4. The van der Waals surface area contributed by atoms with Gasteiger partial charge in [-0.2, -0.15) is 5.10 Å². The fourth-order valence-electron chi connectivity index (χ4n) is 3.02. The Balaban J connectivity index is 1.90. The van der Waals surface area contributed by atoms with Gasteiger partial charge >= 0.3 is 0 Å². The van der Waals surface area contributed by atoms with Crippen molar-refractivity contribution in [2.75, 3.05) is 24.7 Å². The first-order valence-electron chi connectivity index (χ1n) is 7.95. The molecular formula is C17H18IN5O. The molecule has 1 atom stereocenters. The number of ether oxygens (including phenoxy) is 1. The lowest BCUT2D eigenvalue weighted by atomic mass is 10.1. The van der Waals surface area contributed by atoms with Crippen molar-refractivity contribution in [2.24, 2.45) is 0 Å². The highest BCUT2D eigenvalue weighted by atomic mass is 127. The standard InChI is InChI=1S/C17H18IN5O/c1-10-3-4-12(8-19-10)13-7-14(23-5-6-24-9-11(23)2)20-16-15(13)21-22-17(16)18/h3-4,7-8,11H,5-6,9H2,1-2H3,(H,21,22)/t11-/m1/s1. The highest BCUT2D eigenvalue weighted by molar-refractivity contribution is 14.1. The first-order chi connectivity index (χ1) is 11.6. The van der Waals surface area contributed by atoms with Gasteiger partial charge in [0.1, 0.15) is 15.0 Å². The number of aryl methyl sites for hydroxylation is 1. The molecule has 0 amide bonds. The number of pyridine rings is 2. The second-order valence-corrected chi connectivity index (χ2v) is 7.09. The van der Waals surface area contributed by atoms with E-state index in [9.17, 15) is 0 Å². The highest BCUT2D eigenvalue weighted by Crippen LogP contribution is 2.32. The second kappa shape index (κ2) is 6.29. The van der Waals surface area contributed by atoms with Crippen LogP contribution in [0.3, 0.4) is 0 Å². The van der Waals surface area contributed by atoms with E-state index in [2.05, 4.69) is 61.7 Å². The molecule has 0 spiro atoms. The Morgan fingerprint density at radius 3 is 3.00 bits per heavy atom. The maximum Gasteiger partial charge on any atom is 0.149 e. The molecule has 124 valence electrons. The molecule has 1 aliphatic heterocycles. The first kappa shape index (κ1) is 15.8. The molecule has 3 aromatic heterocycles. The summed E-state index contributed by atoms with van der Waals surface area (Å²) in [4.78, 5) is 11.6. The van der Waals surface area contributed by atoms with Gasteiger partial charge in [-0.15, -0.1) is 0 Å². The van der Waals surface area contributed by atoms with Crippen LogP contribution in [0.5, 0.6) is 0 Å². The molecule has 0 radical (unpaired) electrons. The Bertz CT molecular complexity index is 877. The average molecular weight is 435 g/mol. The molecule has 0 aromatic carbocycles. The van der Waals surface area contributed by atoms with Gasteiger partial charge in [0, 0.05) is 29.6 Å². The number of hydrogen-bond donors (Lipinski definition) is 1. The Morgan fingerprint density at radius 2 is 2.25 bits per heavy atom. The van der Waals surface area contributed by atoms with Crippen LogP contribution in [0.1, 0.15) is 12.6 Å². The summed E-state index contributed by atoms with van der Waals surface area (Å²) in [6, 6.07) is 6.56. The van der Waals surface area contributed by atoms with Crippen molar-refractivity contribution in [3.8, 4) is 11.1 Å². The topological polar surface area (TPSA) is 66.9 Å². The molecule has 7 heteroatoms. The van der Waals surface area contributed by atoms with Crippen molar-refractivity contribution in [3.05, 3.63) is 33.8 Å². The van der Waals surface area contributed by atoms with Gasteiger partial charge in [0.2, 0.25) is 0 Å². The van der Waals surface area contributed by atoms with Crippen LogP contribution >= 0.6 is 22.6 Å². The number of anilines is 1. The highest BCUT2D eigenvalue weighted by Gasteiger charge is 2.23. The third-order valence-electron chi connectivity index (χ3n) is 4.35. The molecule has 0 saturated carbocycles. The summed E-state index contributed by atoms with van der Waals surface area (Å²) in [5, 5.41) is 7.46. The quantitative estimate of drug-likeness (QED) is 0.627. The van der Waals surface area contributed by atoms with E-state index in [4.69, 9.17) is 9.72 Å². The fourth-order valence-corrected chi connectivity index (χ4v) is 3.53. The maximum absolute atomic E-state index is 5.56. The van der Waals surface area contributed by atoms with Gasteiger partial charge in [0.15, 0.2) is 0 Å². The summed E-state index contributed by atoms with van der Waals surface area (Å²) in [7, 11) is 0. The largest absolute Gasteiger partial charge is 0.377 e. The third-order valence-corrected chi connectivity index (χ3v) is 5.10. The van der Waals surface area contributed by atoms with Gasteiger partial charge in [-0.25, -0.2) is 4.98 Å². The zero-order valence-corrected chi connectivity index (χ0v) is 15.7. The van der Waals surface area contributed by atoms with E-state index in [0.717, 1.165) is 57.1 Å². The van der Waals surface area contributed by atoms with Gasteiger partial charge in [0.05, 0.1) is 24.8 Å². The van der Waals surface area contributed by atoms with Crippen molar-refractivity contribution < 1.29 is 4.74 Å². The molecular weight excluding hydrogens is 417 g/mol. The first-order valence-corrected chi connectivity index (χ1v) is 9.03. The number of rotatable bonds is 2. The summed E-state index contributed by atoms with van der Waals surface area (Å²) in [5.74, 6) is 0.966. The van der Waals surface area contributed by atoms with Crippen LogP contribution in [0.15, 0.2) is 24.4 Å².